The molecule has 2 unspecified atom stereocenters. The first kappa shape index (κ1) is 18.0. The molecule has 1 N–H and O–H groups in total. The standard InChI is InChI=1S/C20H24N4O3S/c1-12-19(13-2-4-23(12)5-3-13)22-20(26)15-8-14-16(10-27-17(14)9-21-15)24-6-7-28-11-18(24)25/h8-10,12-13,19H,2-7,11H2,1H3,(H,22,26). The number of piperidine rings is 3. The summed E-state index contributed by atoms with van der Waals surface area (Å²) in [6.07, 6.45) is 5.46. The number of fused-ring (bicyclic) bond motifs is 4. The van der Waals surface area contributed by atoms with Crippen LogP contribution < -0.4 is 10.2 Å². The molecule has 2 atom stereocenters. The first-order valence-electron chi connectivity index (χ1n) is 9.92. The molecule has 8 heteroatoms. The predicted octanol–water partition coefficient (Wildman–Crippen LogP) is 2.12. The number of nitrogens with zero attached hydrogens (tertiary/aromatic N) is 3. The van der Waals surface area contributed by atoms with E-state index in [1.54, 1.807) is 35.2 Å². The van der Waals surface area contributed by atoms with Crippen molar-refractivity contribution in [1.29, 1.82) is 0 Å². The minimum atomic E-state index is -0.153. The lowest BCUT2D eigenvalue weighted by Crippen LogP contribution is -2.62. The van der Waals surface area contributed by atoms with Crippen LogP contribution in [0.2, 0.25) is 0 Å². The zero-order valence-electron chi connectivity index (χ0n) is 15.9. The van der Waals surface area contributed by atoms with Crippen molar-refractivity contribution in [3.63, 3.8) is 0 Å². The van der Waals surface area contributed by atoms with Crippen LogP contribution in [-0.2, 0) is 4.79 Å². The summed E-state index contributed by atoms with van der Waals surface area (Å²) < 4.78 is 5.59. The van der Waals surface area contributed by atoms with Gasteiger partial charge in [0.05, 0.1) is 17.6 Å². The van der Waals surface area contributed by atoms with Crippen LogP contribution in [0.15, 0.2) is 22.9 Å². The van der Waals surface area contributed by atoms with Gasteiger partial charge in [-0.05, 0) is 44.8 Å². The first-order valence-corrected chi connectivity index (χ1v) is 11.1. The quantitative estimate of drug-likeness (QED) is 0.850. The number of carbonyl (C=O) groups is 2. The second kappa shape index (κ2) is 7.08. The van der Waals surface area contributed by atoms with E-state index >= 15 is 0 Å². The Morgan fingerprint density at radius 1 is 1.32 bits per heavy atom. The maximum Gasteiger partial charge on any atom is 0.270 e. The molecule has 0 aliphatic carbocycles. The molecule has 2 bridgehead atoms. The van der Waals surface area contributed by atoms with E-state index in [1.165, 1.54) is 0 Å². The van der Waals surface area contributed by atoms with Crippen molar-refractivity contribution >= 4 is 40.2 Å². The van der Waals surface area contributed by atoms with Gasteiger partial charge in [-0.2, -0.15) is 11.8 Å². The van der Waals surface area contributed by atoms with Crippen LogP contribution >= 0.6 is 11.8 Å². The maximum atomic E-state index is 12.9. The van der Waals surface area contributed by atoms with Crippen molar-refractivity contribution in [2.45, 2.75) is 31.8 Å². The lowest BCUT2D eigenvalue weighted by Gasteiger charge is -2.49. The number of thioether (sulfide) groups is 1. The van der Waals surface area contributed by atoms with Crippen molar-refractivity contribution < 1.29 is 14.0 Å². The van der Waals surface area contributed by atoms with Gasteiger partial charge in [0.15, 0.2) is 5.58 Å². The summed E-state index contributed by atoms with van der Waals surface area (Å²) in [4.78, 5) is 33.8. The third-order valence-electron chi connectivity index (χ3n) is 6.43. The van der Waals surface area contributed by atoms with Crippen LogP contribution in [0.1, 0.15) is 30.3 Å². The third-order valence-corrected chi connectivity index (χ3v) is 7.35. The Morgan fingerprint density at radius 3 is 2.89 bits per heavy atom. The van der Waals surface area contributed by atoms with E-state index in [0.29, 0.717) is 35.5 Å². The number of hydrogen-bond acceptors (Lipinski definition) is 6. The van der Waals surface area contributed by atoms with Gasteiger partial charge >= 0.3 is 0 Å². The SMILES string of the molecule is CC1C(NC(=O)c2cc3c(N4CCSCC4=O)coc3cn2)C2CCN1CC2. The van der Waals surface area contributed by atoms with Gasteiger partial charge in [0.25, 0.3) is 5.91 Å². The number of hydrogen-bond donors (Lipinski definition) is 1. The number of amides is 2. The van der Waals surface area contributed by atoms with Crippen molar-refractivity contribution in [2.75, 3.05) is 36.0 Å². The lowest BCUT2D eigenvalue weighted by atomic mass is 9.79. The second-order valence-corrected chi connectivity index (χ2v) is 9.00. The molecule has 0 spiro atoms. The summed E-state index contributed by atoms with van der Waals surface area (Å²) in [6, 6.07) is 2.27. The Labute approximate surface area is 167 Å². The zero-order valence-corrected chi connectivity index (χ0v) is 16.7. The van der Waals surface area contributed by atoms with Gasteiger partial charge in [0, 0.05) is 29.8 Å². The van der Waals surface area contributed by atoms with E-state index in [0.717, 1.165) is 42.8 Å². The Hall–Kier alpha value is -2.06. The van der Waals surface area contributed by atoms with Gasteiger partial charge in [0.1, 0.15) is 12.0 Å². The zero-order chi connectivity index (χ0) is 19.3. The highest BCUT2D eigenvalue weighted by molar-refractivity contribution is 8.00. The summed E-state index contributed by atoms with van der Waals surface area (Å²) in [5, 5.41) is 3.99. The van der Waals surface area contributed by atoms with Crippen molar-refractivity contribution in [2.24, 2.45) is 5.92 Å². The molecule has 2 amide bonds. The number of nitrogens with one attached hydrogen (secondary N) is 1. The average Bonchev–Trinajstić information content (AvgIpc) is 3.14. The van der Waals surface area contributed by atoms with Crippen LogP contribution in [0.3, 0.4) is 0 Å². The number of rotatable bonds is 3. The molecule has 4 aliphatic rings. The molecule has 28 heavy (non-hydrogen) atoms. The lowest BCUT2D eigenvalue weighted by molar-refractivity contribution is -0.116. The van der Waals surface area contributed by atoms with Crippen molar-refractivity contribution in [3.8, 4) is 0 Å². The maximum absolute atomic E-state index is 12.9. The Kier molecular flexibility index (Phi) is 4.55. The Bertz CT molecular complexity index is 919. The molecule has 6 heterocycles. The Balaban J connectivity index is 1.40. The van der Waals surface area contributed by atoms with Crippen molar-refractivity contribution in [3.05, 3.63) is 24.2 Å². The van der Waals surface area contributed by atoms with Gasteiger partial charge in [-0.25, -0.2) is 4.98 Å². The normalized spacial score (nSPS) is 30.0. The molecule has 0 aromatic carbocycles. The molecule has 4 saturated heterocycles. The fraction of sp³-hybridized carbons (Fsp3) is 0.550. The highest BCUT2D eigenvalue weighted by Gasteiger charge is 2.40. The summed E-state index contributed by atoms with van der Waals surface area (Å²) >= 11 is 1.64. The highest BCUT2D eigenvalue weighted by atomic mass is 32.2. The molecular formula is C20H24N4O3S. The summed E-state index contributed by atoms with van der Waals surface area (Å²) in [7, 11) is 0. The fourth-order valence-electron chi connectivity index (χ4n) is 4.80. The number of carbonyl (C=O) groups excluding carboxylic acids is 2. The summed E-state index contributed by atoms with van der Waals surface area (Å²) in [5.74, 6) is 1.83. The van der Waals surface area contributed by atoms with Gasteiger partial charge in [-0.1, -0.05) is 0 Å². The summed E-state index contributed by atoms with van der Waals surface area (Å²) in [6.45, 7) is 5.10. The molecule has 7 nitrogen and oxygen atoms in total. The van der Waals surface area contributed by atoms with E-state index in [1.807, 2.05) is 0 Å². The minimum absolute atomic E-state index is 0.0721. The molecule has 4 aliphatic heterocycles. The molecular weight excluding hydrogens is 376 g/mol. The number of furan rings is 1. The molecule has 0 saturated carbocycles. The predicted molar refractivity (Wildman–Crippen MR) is 109 cm³/mol. The van der Waals surface area contributed by atoms with E-state index in [4.69, 9.17) is 4.42 Å². The van der Waals surface area contributed by atoms with Gasteiger partial charge in [-0.3, -0.25) is 14.5 Å². The Morgan fingerprint density at radius 2 is 2.14 bits per heavy atom. The van der Waals surface area contributed by atoms with Crippen LogP contribution in [0.4, 0.5) is 5.69 Å². The summed E-state index contributed by atoms with van der Waals surface area (Å²) in [5.41, 5.74) is 1.69. The fourth-order valence-corrected chi connectivity index (χ4v) is 5.58. The number of anilines is 1. The van der Waals surface area contributed by atoms with Gasteiger partial charge in [-0.15, -0.1) is 0 Å². The van der Waals surface area contributed by atoms with E-state index < -0.39 is 0 Å². The third kappa shape index (κ3) is 2.99. The highest BCUT2D eigenvalue weighted by Crippen LogP contribution is 2.33. The molecule has 2 aromatic heterocycles. The van der Waals surface area contributed by atoms with E-state index in [9.17, 15) is 9.59 Å². The van der Waals surface area contributed by atoms with Crippen LogP contribution in [0, 0.1) is 5.92 Å². The number of aromatic nitrogens is 1. The van der Waals surface area contributed by atoms with Crippen LogP contribution in [-0.4, -0.2) is 64.9 Å². The number of pyridine rings is 1. The van der Waals surface area contributed by atoms with E-state index in [2.05, 4.69) is 22.1 Å². The van der Waals surface area contributed by atoms with Gasteiger partial charge in [0.2, 0.25) is 5.91 Å². The van der Waals surface area contributed by atoms with Crippen LogP contribution in [0.25, 0.3) is 11.0 Å². The molecule has 2 aromatic rings. The largest absolute Gasteiger partial charge is 0.460 e. The first-order chi connectivity index (χ1) is 13.6. The molecule has 0 radical (unpaired) electrons. The molecule has 148 valence electrons. The minimum Gasteiger partial charge on any atom is -0.460 e. The monoisotopic (exact) mass is 400 g/mol. The van der Waals surface area contributed by atoms with Gasteiger partial charge < -0.3 is 14.6 Å². The topological polar surface area (TPSA) is 78.7 Å². The second-order valence-electron chi connectivity index (χ2n) is 7.90. The van der Waals surface area contributed by atoms with E-state index in [-0.39, 0.29) is 17.9 Å². The van der Waals surface area contributed by atoms with Crippen molar-refractivity contribution in [1.82, 2.24) is 15.2 Å². The molecule has 6 rings (SSSR count). The average molecular weight is 401 g/mol. The molecule has 4 fully saturated rings. The van der Waals surface area contributed by atoms with Crippen LogP contribution in [0.5, 0.6) is 0 Å². The smallest absolute Gasteiger partial charge is 0.270 e.